The third-order valence-corrected chi connectivity index (χ3v) is 4.57. The highest BCUT2D eigenvalue weighted by Crippen LogP contribution is 2.29. The molecule has 0 fully saturated rings. The lowest BCUT2D eigenvalue weighted by Gasteiger charge is -2.25. The predicted octanol–water partition coefficient (Wildman–Crippen LogP) is 6.98. The van der Waals surface area contributed by atoms with E-state index in [-0.39, 0.29) is 0 Å². The van der Waals surface area contributed by atoms with E-state index < -0.39 is 0 Å². The molecule has 110 valence electrons. The molecule has 0 heteroatoms. The van der Waals surface area contributed by atoms with Crippen molar-refractivity contribution < 1.29 is 0 Å². The number of hydrogen-bond acceptors (Lipinski definition) is 0. The predicted molar refractivity (Wildman–Crippen MR) is 85.1 cm³/mol. The second-order valence-corrected chi connectivity index (χ2v) is 6.04. The fraction of sp³-hybridized carbons (Fsp3) is 1.00. The van der Waals surface area contributed by atoms with Gasteiger partial charge < -0.3 is 0 Å². The maximum absolute atomic E-state index is 2.40. The van der Waals surface area contributed by atoms with Crippen LogP contribution in [0.3, 0.4) is 0 Å². The van der Waals surface area contributed by atoms with Gasteiger partial charge in [0.1, 0.15) is 0 Å². The molecule has 0 aromatic rings. The molecule has 0 aliphatic heterocycles. The van der Waals surface area contributed by atoms with Gasteiger partial charge >= 0.3 is 0 Å². The third kappa shape index (κ3) is 9.00. The van der Waals surface area contributed by atoms with Crippen molar-refractivity contribution in [1.82, 2.24) is 0 Å². The van der Waals surface area contributed by atoms with Crippen molar-refractivity contribution in [3.63, 3.8) is 0 Å². The standard InChI is InChI=1S/C18H38/c1-5-9-11-12-14-16-18(8-4)17(7-3)15-13-10-6-2/h17-18H,5-16H2,1-4H3. The Bertz CT molecular complexity index is 150. The quantitative estimate of drug-likeness (QED) is 0.311. The second kappa shape index (κ2) is 13.4. The van der Waals surface area contributed by atoms with Crippen LogP contribution in [-0.4, -0.2) is 0 Å². The molecule has 0 N–H and O–H groups in total. The van der Waals surface area contributed by atoms with Crippen molar-refractivity contribution in [1.29, 1.82) is 0 Å². The van der Waals surface area contributed by atoms with Crippen LogP contribution in [0.25, 0.3) is 0 Å². The second-order valence-electron chi connectivity index (χ2n) is 6.04. The van der Waals surface area contributed by atoms with E-state index in [0.717, 1.165) is 11.8 Å². The summed E-state index contributed by atoms with van der Waals surface area (Å²) in [6.07, 6.45) is 17.2. The van der Waals surface area contributed by atoms with E-state index in [1.54, 1.807) is 0 Å². The highest BCUT2D eigenvalue weighted by Gasteiger charge is 2.17. The van der Waals surface area contributed by atoms with Crippen LogP contribution in [0, 0.1) is 11.8 Å². The Balaban J connectivity index is 3.79. The molecular formula is C18H38. The molecule has 0 nitrogen and oxygen atoms in total. The molecule has 0 spiro atoms. The lowest BCUT2D eigenvalue weighted by Crippen LogP contribution is -2.13. The Kier molecular flexibility index (Phi) is 13.4. The van der Waals surface area contributed by atoms with E-state index in [2.05, 4.69) is 27.7 Å². The van der Waals surface area contributed by atoms with Gasteiger partial charge in [-0.3, -0.25) is 0 Å². The van der Waals surface area contributed by atoms with E-state index in [9.17, 15) is 0 Å². The van der Waals surface area contributed by atoms with Gasteiger partial charge in [-0.15, -0.1) is 0 Å². The summed E-state index contributed by atoms with van der Waals surface area (Å²) in [5.74, 6) is 2.02. The van der Waals surface area contributed by atoms with Crippen LogP contribution in [0.4, 0.5) is 0 Å². The summed E-state index contributed by atoms with van der Waals surface area (Å²) in [5, 5.41) is 0. The van der Waals surface area contributed by atoms with Gasteiger partial charge in [0.15, 0.2) is 0 Å². The summed E-state index contributed by atoms with van der Waals surface area (Å²) in [6, 6.07) is 0. The molecule has 18 heavy (non-hydrogen) atoms. The maximum Gasteiger partial charge on any atom is -0.0389 e. The molecule has 2 atom stereocenters. The van der Waals surface area contributed by atoms with Crippen LogP contribution in [0.5, 0.6) is 0 Å². The largest absolute Gasteiger partial charge is 0.0654 e. The Morgan fingerprint density at radius 2 is 0.889 bits per heavy atom. The van der Waals surface area contributed by atoms with Gasteiger partial charge in [0.05, 0.1) is 0 Å². The monoisotopic (exact) mass is 254 g/mol. The van der Waals surface area contributed by atoms with Gasteiger partial charge in [-0.1, -0.05) is 105 Å². The average molecular weight is 255 g/mol. The van der Waals surface area contributed by atoms with Crippen LogP contribution in [0.1, 0.15) is 105 Å². The Morgan fingerprint density at radius 3 is 1.33 bits per heavy atom. The van der Waals surface area contributed by atoms with E-state index in [4.69, 9.17) is 0 Å². The molecule has 0 bridgehead atoms. The highest BCUT2D eigenvalue weighted by molar-refractivity contribution is 4.68. The lowest BCUT2D eigenvalue weighted by atomic mass is 9.81. The molecule has 0 amide bonds. The number of rotatable bonds is 13. The zero-order chi connectivity index (χ0) is 13.6. The Hall–Kier alpha value is 0. The summed E-state index contributed by atoms with van der Waals surface area (Å²) in [6.45, 7) is 9.41. The molecule has 0 aromatic carbocycles. The Labute approximate surface area is 117 Å². The van der Waals surface area contributed by atoms with E-state index in [1.165, 1.54) is 77.0 Å². The van der Waals surface area contributed by atoms with Crippen LogP contribution in [0.15, 0.2) is 0 Å². The van der Waals surface area contributed by atoms with Crippen LogP contribution < -0.4 is 0 Å². The Morgan fingerprint density at radius 1 is 0.500 bits per heavy atom. The number of unbranched alkanes of at least 4 members (excludes halogenated alkanes) is 6. The van der Waals surface area contributed by atoms with Gasteiger partial charge in [-0.05, 0) is 11.8 Å². The summed E-state index contributed by atoms with van der Waals surface area (Å²) in [7, 11) is 0. The first kappa shape index (κ1) is 18.0. The highest BCUT2D eigenvalue weighted by atomic mass is 14.2. The van der Waals surface area contributed by atoms with Crippen molar-refractivity contribution >= 4 is 0 Å². The van der Waals surface area contributed by atoms with Gasteiger partial charge in [0.25, 0.3) is 0 Å². The summed E-state index contributed by atoms with van der Waals surface area (Å²) >= 11 is 0. The molecule has 0 radical (unpaired) electrons. The smallest absolute Gasteiger partial charge is 0.0389 e. The average Bonchev–Trinajstić information content (AvgIpc) is 2.40. The van der Waals surface area contributed by atoms with Crippen LogP contribution in [-0.2, 0) is 0 Å². The van der Waals surface area contributed by atoms with E-state index >= 15 is 0 Å². The van der Waals surface area contributed by atoms with Crippen molar-refractivity contribution in [2.75, 3.05) is 0 Å². The minimum Gasteiger partial charge on any atom is -0.0654 e. The lowest BCUT2D eigenvalue weighted by molar-refractivity contribution is 0.263. The van der Waals surface area contributed by atoms with Crippen molar-refractivity contribution in [2.45, 2.75) is 105 Å². The molecule has 0 saturated carbocycles. The van der Waals surface area contributed by atoms with Gasteiger partial charge in [-0.2, -0.15) is 0 Å². The zero-order valence-corrected chi connectivity index (χ0v) is 13.6. The SMILES string of the molecule is CCCCCCCC(CC)C(CC)CCCCC. The molecule has 0 heterocycles. The molecule has 0 aliphatic rings. The van der Waals surface area contributed by atoms with Crippen molar-refractivity contribution in [3.8, 4) is 0 Å². The summed E-state index contributed by atoms with van der Waals surface area (Å²) in [5.41, 5.74) is 0. The van der Waals surface area contributed by atoms with E-state index in [0.29, 0.717) is 0 Å². The van der Waals surface area contributed by atoms with E-state index in [1.807, 2.05) is 0 Å². The topological polar surface area (TPSA) is 0 Å². The fourth-order valence-electron chi connectivity index (χ4n) is 3.21. The summed E-state index contributed by atoms with van der Waals surface area (Å²) in [4.78, 5) is 0. The first-order valence-corrected chi connectivity index (χ1v) is 8.79. The maximum atomic E-state index is 2.40. The van der Waals surface area contributed by atoms with Crippen molar-refractivity contribution in [3.05, 3.63) is 0 Å². The van der Waals surface area contributed by atoms with Crippen LogP contribution >= 0.6 is 0 Å². The minimum atomic E-state index is 1.01. The molecule has 0 saturated heterocycles. The summed E-state index contributed by atoms with van der Waals surface area (Å²) < 4.78 is 0. The zero-order valence-electron chi connectivity index (χ0n) is 13.6. The van der Waals surface area contributed by atoms with Gasteiger partial charge in [-0.25, -0.2) is 0 Å². The normalized spacial score (nSPS) is 14.7. The minimum absolute atomic E-state index is 1.01. The van der Waals surface area contributed by atoms with Crippen LogP contribution in [0.2, 0.25) is 0 Å². The van der Waals surface area contributed by atoms with Gasteiger partial charge in [0.2, 0.25) is 0 Å². The molecular weight excluding hydrogens is 216 g/mol. The first-order chi connectivity index (χ1) is 8.79. The third-order valence-electron chi connectivity index (χ3n) is 4.57. The fourth-order valence-corrected chi connectivity index (χ4v) is 3.21. The first-order valence-electron chi connectivity index (χ1n) is 8.79. The van der Waals surface area contributed by atoms with Crippen molar-refractivity contribution in [2.24, 2.45) is 11.8 Å². The molecule has 2 unspecified atom stereocenters. The molecule has 0 rings (SSSR count). The molecule has 0 aliphatic carbocycles. The molecule has 0 aromatic heterocycles. The van der Waals surface area contributed by atoms with Gasteiger partial charge in [0, 0.05) is 0 Å². The number of hydrogen-bond donors (Lipinski definition) is 0.